The van der Waals surface area contributed by atoms with Gasteiger partial charge in [-0.25, -0.2) is 0 Å². The van der Waals surface area contributed by atoms with Crippen molar-refractivity contribution in [3.63, 3.8) is 0 Å². The van der Waals surface area contributed by atoms with Gasteiger partial charge >= 0.3 is 0 Å². The predicted octanol–water partition coefficient (Wildman–Crippen LogP) is 0.817. The molecule has 1 rings (SSSR count). The summed E-state index contributed by atoms with van der Waals surface area (Å²) in [5, 5.41) is 0. The molecule has 2 N–H and O–H groups in total. The van der Waals surface area contributed by atoms with Gasteiger partial charge < -0.3 is 5.73 Å². The van der Waals surface area contributed by atoms with Crippen LogP contribution in [-0.2, 0) is 9.59 Å². The van der Waals surface area contributed by atoms with Crippen LogP contribution in [0.4, 0.5) is 0 Å². The molecule has 1 aliphatic rings. The van der Waals surface area contributed by atoms with Crippen molar-refractivity contribution in [1.29, 1.82) is 0 Å². The lowest BCUT2D eigenvalue weighted by atomic mass is 9.86. The first kappa shape index (κ1) is 11.9. The summed E-state index contributed by atoms with van der Waals surface area (Å²) in [7, 11) is 0. The maximum Gasteiger partial charge on any atom is 0.254 e. The molecule has 0 bridgehead atoms. The molecule has 0 unspecified atom stereocenters. The zero-order valence-corrected chi connectivity index (χ0v) is 9.70. The van der Waals surface area contributed by atoms with Crippen molar-refractivity contribution in [3.8, 4) is 0 Å². The van der Waals surface area contributed by atoms with Gasteiger partial charge in [0.1, 0.15) is 0 Å². The van der Waals surface area contributed by atoms with Gasteiger partial charge in [0.2, 0.25) is 0 Å². The van der Waals surface area contributed by atoms with E-state index in [-0.39, 0.29) is 11.8 Å². The fourth-order valence-corrected chi connectivity index (χ4v) is 2.19. The molecule has 0 aliphatic carbocycles. The number of rotatable bonds is 3. The number of nitrogens with two attached hydrogens (primary N) is 1. The minimum Gasteiger partial charge on any atom is -0.325 e. The molecule has 84 valence electrons. The standard InChI is InChI=1S/C11H18N2O2/c1-10(2,12)7-11(3,4)13-8(14)5-6-9(13)15/h5-6H,7,12H2,1-4H3. The first-order valence-corrected chi connectivity index (χ1v) is 4.99. The SMILES string of the molecule is CC(C)(N)CC(C)(C)N1C(=O)C=CC1=O. The summed E-state index contributed by atoms with van der Waals surface area (Å²) in [6, 6.07) is 0. The average molecular weight is 210 g/mol. The number of hydrogen-bond donors (Lipinski definition) is 1. The first-order valence-electron chi connectivity index (χ1n) is 4.99. The fraction of sp³-hybridized carbons (Fsp3) is 0.636. The minimum atomic E-state index is -0.546. The third-order valence-electron chi connectivity index (χ3n) is 2.30. The summed E-state index contributed by atoms with van der Waals surface area (Å²) in [5.41, 5.74) is 4.95. The van der Waals surface area contributed by atoms with Gasteiger partial charge in [0, 0.05) is 23.2 Å². The number of nitrogens with zero attached hydrogens (tertiary/aromatic N) is 1. The van der Waals surface area contributed by atoms with Gasteiger partial charge in [0.25, 0.3) is 11.8 Å². The Balaban J connectivity index is 2.87. The lowest BCUT2D eigenvalue weighted by Gasteiger charge is -2.38. The average Bonchev–Trinajstić information content (AvgIpc) is 2.25. The molecule has 2 amide bonds. The summed E-state index contributed by atoms with van der Waals surface area (Å²) >= 11 is 0. The molecule has 0 fully saturated rings. The fourth-order valence-electron chi connectivity index (χ4n) is 2.19. The van der Waals surface area contributed by atoms with Gasteiger partial charge in [0.15, 0.2) is 0 Å². The van der Waals surface area contributed by atoms with E-state index in [1.807, 2.05) is 27.7 Å². The number of carbonyl (C=O) groups is 2. The molecular formula is C11H18N2O2. The molecule has 4 nitrogen and oxygen atoms in total. The van der Waals surface area contributed by atoms with Gasteiger partial charge in [0.05, 0.1) is 0 Å². The summed E-state index contributed by atoms with van der Waals surface area (Å²) in [6.07, 6.45) is 3.17. The third-order valence-corrected chi connectivity index (χ3v) is 2.30. The molecule has 0 spiro atoms. The van der Waals surface area contributed by atoms with Gasteiger partial charge in [-0.1, -0.05) is 0 Å². The molecule has 15 heavy (non-hydrogen) atoms. The van der Waals surface area contributed by atoms with Gasteiger partial charge in [-0.15, -0.1) is 0 Å². The zero-order chi connectivity index (χ0) is 11.9. The van der Waals surface area contributed by atoms with Crippen molar-refractivity contribution in [2.75, 3.05) is 0 Å². The van der Waals surface area contributed by atoms with Crippen LogP contribution in [0.1, 0.15) is 34.1 Å². The monoisotopic (exact) mass is 210 g/mol. The highest BCUT2D eigenvalue weighted by Crippen LogP contribution is 2.27. The van der Waals surface area contributed by atoms with E-state index < -0.39 is 11.1 Å². The van der Waals surface area contributed by atoms with E-state index in [4.69, 9.17) is 5.73 Å². The van der Waals surface area contributed by atoms with E-state index in [2.05, 4.69) is 0 Å². The van der Waals surface area contributed by atoms with E-state index in [0.717, 1.165) is 0 Å². The Morgan fingerprint density at radius 1 is 1.13 bits per heavy atom. The van der Waals surface area contributed by atoms with Crippen molar-refractivity contribution in [1.82, 2.24) is 4.90 Å². The molecule has 0 saturated heterocycles. The summed E-state index contributed by atoms with van der Waals surface area (Å²) in [6.45, 7) is 7.47. The van der Waals surface area contributed by atoms with Crippen molar-refractivity contribution in [2.45, 2.75) is 45.2 Å². The van der Waals surface area contributed by atoms with Crippen LogP contribution in [0.15, 0.2) is 12.2 Å². The second kappa shape index (κ2) is 3.45. The highest BCUT2D eigenvalue weighted by molar-refractivity contribution is 6.13. The van der Waals surface area contributed by atoms with Crippen molar-refractivity contribution >= 4 is 11.8 Å². The summed E-state index contributed by atoms with van der Waals surface area (Å²) in [4.78, 5) is 24.3. The van der Waals surface area contributed by atoms with E-state index in [1.165, 1.54) is 17.1 Å². The maximum absolute atomic E-state index is 11.5. The molecule has 1 heterocycles. The van der Waals surface area contributed by atoms with Crippen LogP contribution in [0.5, 0.6) is 0 Å². The summed E-state index contributed by atoms with van der Waals surface area (Å²) in [5.74, 6) is -0.511. The van der Waals surface area contributed by atoms with E-state index in [1.54, 1.807) is 0 Å². The predicted molar refractivity (Wildman–Crippen MR) is 58.0 cm³/mol. The Kier molecular flexibility index (Phi) is 2.74. The van der Waals surface area contributed by atoms with E-state index in [0.29, 0.717) is 6.42 Å². The Morgan fingerprint density at radius 2 is 1.53 bits per heavy atom. The van der Waals surface area contributed by atoms with Crippen molar-refractivity contribution < 1.29 is 9.59 Å². The number of amides is 2. The van der Waals surface area contributed by atoms with Gasteiger partial charge in [-0.3, -0.25) is 14.5 Å². The number of imide groups is 1. The highest BCUT2D eigenvalue weighted by Gasteiger charge is 2.39. The van der Waals surface area contributed by atoms with Crippen LogP contribution in [0.25, 0.3) is 0 Å². The van der Waals surface area contributed by atoms with Crippen LogP contribution < -0.4 is 5.73 Å². The largest absolute Gasteiger partial charge is 0.325 e. The molecule has 0 radical (unpaired) electrons. The maximum atomic E-state index is 11.5. The lowest BCUT2D eigenvalue weighted by Crippen LogP contribution is -2.53. The van der Waals surface area contributed by atoms with Crippen molar-refractivity contribution in [2.24, 2.45) is 5.73 Å². The normalized spacial score (nSPS) is 17.8. The van der Waals surface area contributed by atoms with Crippen LogP contribution in [0.3, 0.4) is 0 Å². The molecule has 0 atom stereocenters. The van der Waals surface area contributed by atoms with Crippen LogP contribution in [0, 0.1) is 0 Å². The molecular weight excluding hydrogens is 192 g/mol. The molecule has 4 heteroatoms. The second-order valence-electron chi connectivity index (χ2n) is 5.32. The van der Waals surface area contributed by atoms with Crippen LogP contribution in [-0.4, -0.2) is 27.8 Å². The quantitative estimate of drug-likeness (QED) is 0.701. The summed E-state index contributed by atoms with van der Waals surface area (Å²) < 4.78 is 0. The molecule has 1 aliphatic heterocycles. The number of carbonyl (C=O) groups excluding carboxylic acids is 2. The Labute approximate surface area is 90.1 Å². The zero-order valence-electron chi connectivity index (χ0n) is 9.70. The van der Waals surface area contributed by atoms with Crippen LogP contribution in [0.2, 0.25) is 0 Å². The van der Waals surface area contributed by atoms with Gasteiger partial charge in [-0.2, -0.15) is 0 Å². The Morgan fingerprint density at radius 3 is 1.87 bits per heavy atom. The Bertz CT molecular complexity index is 306. The van der Waals surface area contributed by atoms with Crippen LogP contribution >= 0.6 is 0 Å². The molecule has 0 aromatic rings. The number of hydrogen-bond acceptors (Lipinski definition) is 3. The molecule has 0 aromatic carbocycles. The Hall–Kier alpha value is -1.16. The molecule has 0 saturated carbocycles. The van der Waals surface area contributed by atoms with Gasteiger partial charge in [-0.05, 0) is 34.1 Å². The first-order chi connectivity index (χ1) is 6.63. The van der Waals surface area contributed by atoms with Crippen molar-refractivity contribution in [3.05, 3.63) is 12.2 Å². The lowest BCUT2D eigenvalue weighted by molar-refractivity contribution is -0.143. The topological polar surface area (TPSA) is 63.4 Å². The second-order valence-corrected chi connectivity index (χ2v) is 5.32. The van der Waals surface area contributed by atoms with E-state index >= 15 is 0 Å². The third kappa shape index (κ3) is 2.65. The smallest absolute Gasteiger partial charge is 0.254 e. The highest BCUT2D eigenvalue weighted by atomic mass is 16.2. The molecule has 0 aromatic heterocycles. The van der Waals surface area contributed by atoms with E-state index in [9.17, 15) is 9.59 Å². The minimum absolute atomic E-state index is 0.255.